The third-order valence-electron chi connectivity index (χ3n) is 0. The molecule has 0 saturated heterocycles. The molecule has 0 aromatic carbocycles. The summed E-state index contributed by atoms with van der Waals surface area (Å²) >= 11 is 0. The summed E-state index contributed by atoms with van der Waals surface area (Å²) in [5.74, 6) is 0. The maximum Gasteiger partial charge on any atom is 1.00 e. The Hall–Kier alpha value is -0.995. The van der Waals surface area contributed by atoms with Gasteiger partial charge in [-0.2, -0.15) is 0 Å². The van der Waals surface area contributed by atoms with E-state index in [-0.39, 0.29) is 37.7 Å². The predicted octanol–water partition coefficient (Wildman–Crippen LogP) is -7.99. The van der Waals surface area contributed by atoms with Gasteiger partial charge < -0.3 is 35.4 Å². The van der Waals surface area contributed by atoms with E-state index in [4.69, 9.17) is 45.0 Å². The van der Waals surface area contributed by atoms with E-state index in [1.54, 1.807) is 0 Å². The van der Waals surface area contributed by atoms with E-state index in [1.165, 1.54) is 0 Å². The summed E-state index contributed by atoms with van der Waals surface area (Å²) in [5.41, 5.74) is 0. The Morgan fingerprint density at radius 1 is 0.714 bits per heavy atom. The minimum atomic E-state index is -2.33. The van der Waals surface area contributed by atoms with Crippen LogP contribution in [0.1, 0.15) is 0 Å². The van der Waals surface area contributed by atoms with Crippen LogP contribution in [-0.4, -0.2) is 38.9 Å². The summed E-state index contributed by atoms with van der Waals surface area (Å²) in [6.07, 6.45) is -6.00. The van der Waals surface area contributed by atoms with E-state index in [0.29, 0.717) is 0 Å². The van der Waals surface area contributed by atoms with Gasteiger partial charge in [-0.25, -0.2) is 9.59 Å². The fourth-order valence-corrected chi connectivity index (χ4v) is 0. The van der Waals surface area contributed by atoms with E-state index in [1.807, 2.05) is 0 Å². The maximum absolute atomic E-state index is 8.56. The average molecular weight is 198 g/mol. The van der Waals surface area contributed by atoms with Gasteiger partial charge in [0.1, 0.15) is 0 Å². The van der Waals surface area contributed by atoms with E-state index in [9.17, 15) is 0 Å². The standard InChI is InChI=1S/3CH2O3.2Li/c3*2-1(3)4;;/h3*(H2,2,3,4);;/q;;;2*+1/p-2. The molecule has 0 aliphatic heterocycles. The summed E-state index contributed by atoms with van der Waals surface area (Å²) < 4.78 is 0. The van der Waals surface area contributed by atoms with Crippen LogP contribution >= 0.6 is 0 Å². The van der Waals surface area contributed by atoms with Crippen molar-refractivity contribution in [3.63, 3.8) is 0 Å². The quantitative estimate of drug-likeness (QED) is 0.275. The van der Waals surface area contributed by atoms with Gasteiger partial charge in [0, 0.05) is 0 Å². The second kappa shape index (κ2) is 22.7. The Labute approximate surface area is 101 Å². The fraction of sp³-hybridized carbons (Fsp3) is 0. The summed E-state index contributed by atoms with van der Waals surface area (Å²) in [4.78, 5) is 25.4. The molecule has 0 aromatic rings. The zero-order valence-electron chi connectivity index (χ0n) is 7.33. The van der Waals surface area contributed by atoms with Crippen molar-refractivity contribution in [2.45, 2.75) is 0 Å². The molecule has 0 fully saturated rings. The summed E-state index contributed by atoms with van der Waals surface area (Å²) in [5, 5.41) is 44.6. The normalized spacial score (nSPS) is 5.14. The molecule has 72 valence electrons. The molecule has 0 aliphatic carbocycles. The SMILES string of the molecule is O=C(O)O.O=C(O)O.O=C([O-])[O-].[Li+].[Li+]. The van der Waals surface area contributed by atoms with Crippen molar-refractivity contribution in [3.05, 3.63) is 0 Å². The Morgan fingerprint density at radius 3 is 0.714 bits per heavy atom. The Balaban J connectivity index is -0.0000000270. The average Bonchev–Trinajstić information content (AvgIpc) is 1.54. The molecule has 0 radical (unpaired) electrons. The molecule has 0 aliphatic rings. The van der Waals surface area contributed by atoms with Gasteiger partial charge in [0.25, 0.3) is 0 Å². The topological polar surface area (TPSA) is 178 Å². The minimum Gasteiger partial charge on any atom is -0.652 e. The van der Waals surface area contributed by atoms with Gasteiger partial charge in [0.2, 0.25) is 0 Å². The van der Waals surface area contributed by atoms with Crippen LogP contribution < -0.4 is 47.9 Å². The van der Waals surface area contributed by atoms with Crippen molar-refractivity contribution in [1.82, 2.24) is 0 Å². The number of hydrogen-bond donors (Lipinski definition) is 4. The van der Waals surface area contributed by atoms with Gasteiger partial charge in [-0.05, 0) is 6.16 Å². The second-order valence-electron chi connectivity index (χ2n) is 0.815. The van der Waals surface area contributed by atoms with Crippen molar-refractivity contribution in [2.75, 3.05) is 0 Å². The van der Waals surface area contributed by atoms with Crippen LogP contribution in [0.3, 0.4) is 0 Å². The zero-order chi connectivity index (χ0) is 10.7. The molecule has 0 unspecified atom stereocenters. The van der Waals surface area contributed by atoms with Crippen LogP contribution in [0.2, 0.25) is 0 Å². The number of carboxylic acid groups (broad SMARTS) is 6. The van der Waals surface area contributed by atoms with Gasteiger partial charge in [-0.1, -0.05) is 0 Å². The van der Waals surface area contributed by atoms with Crippen LogP contribution in [0.4, 0.5) is 14.4 Å². The smallest absolute Gasteiger partial charge is 0.652 e. The molecule has 0 atom stereocenters. The Bertz CT molecular complexity index is 116. The van der Waals surface area contributed by atoms with E-state index in [2.05, 4.69) is 0 Å². The third-order valence-corrected chi connectivity index (χ3v) is 0. The molecule has 0 heterocycles. The molecule has 0 amide bonds. The second-order valence-corrected chi connectivity index (χ2v) is 0.815. The molecule has 0 rings (SSSR count). The van der Waals surface area contributed by atoms with Crippen LogP contribution in [-0.2, 0) is 0 Å². The predicted molar refractivity (Wildman–Crippen MR) is 26.7 cm³/mol. The van der Waals surface area contributed by atoms with Crippen molar-refractivity contribution < 1.29 is 82.7 Å². The molecule has 4 N–H and O–H groups in total. The Morgan fingerprint density at radius 2 is 0.714 bits per heavy atom. The molecule has 14 heavy (non-hydrogen) atoms. The largest absolute Gasteiger partial charge is 1.00 e. The fourth-order valence-electron chi connectivity index (χ4n) is 0. The van der Waals surface area contributed by atoms with Crippen molar-refractivity contribution in [3.8, 4) is 0 Å². The molecule has 0 bridgehead atoms. The van der Waals surface area contributed by atoms with Crippen LogP contribution in [0, 0.1) is 0 Å². The molecule has 11 heteroatoms. The van der Waals surface area contributed by atoms with Crippen molar-refractivity contribution >= 4 is 18.5 Å². The monoisotopic (exact) mass is 198 g/mol. The summed E-state index contributed by atoms with van der Waals surface area (Å²) in [6.45, 7) is 0. The summed E-state index contributed by atoms with van der Waals surface area (Å²) in [6, 6.07) is 0. The van der Waals surface area contributed by atoms with Crippen LogP contribution in [0.25, 0.3) is 0 Å². The first kappa shape index (κ1) is 29.2. The summed E-state index contributed by atoms with van der Waals surface area (Å²) in [7, 11) is 0. The molecular formula is C3H4Li2O9. The number of carbonyl (C=O) groups excluding carboxylic acids is 1. The van der Waals surface area contributed by atoms with Gasteiger partial charge >= 0.3 is 50.0 Å². The minimum absolute atomic E-state index is 0. The molecule has 9 nitrogen and oxygen atoms in total. The van der Waals surface area contributed by atoms with Gasteiger partial charge in [-0.3, -0.25) is 0 Å². The first-order chi connectivity index (χ1) is 5.20. The molecule has 0 aromatic heterocycles. The maximum atomic E-state index is 8.56. The van der Waals surface area contributed by atoms with E-state index < -0.39 is 18.5 Å². The Kier molecular flexibility index (Phi) is 47.4. The first-order valence-corrected chi connectivity index (χ1v) is 1.92. The third kappa shape index (κ3) is 1110. The van der Waals surface area contributed by atoms with Gasteiger partial charge in [0.15, 0.2) is 0 Å². The van der Waals surface area contributed by atoms with E-state index in [0.717, 1.165) is 0 Å². The number of rotatable bonds is 0. The van der Waals surface area contributed by atoms with Crippen molar-refractivity contribution in [1.29, 1.82) is 0 Å². The molecular weight excluding hydrogens is 194 g/mol. The number of carbonyl (C=O) groups is 3. The van der Waals surface area contributed by atoms with E-state index >= 15 is 0 Å². The van der Waals surface area contributed by atoms with Crippen molar-refractivity contribution in [2.24, 2.45) is 0 Å². The molecule has 0 spiro atoms. The van der Waals surface area contributed by atoms with Crippen LogP contribution in [0.15, 0.2) is 0 Å². The van der Waals surface area contributed by atoms with Crippen LogP contribution in [0.5, 0.6) is 0 Å². The molecule has 0 saturated carbocycles. The van der Waals surface area contributed by atoms with Gasteiger partial charge in [0.05, 0.1) is 0 Å². The zero-order valence-corrected chi connectivity index (χ0v) is 7.33. The first-order valence-electron chi connectivity index (χ1n) is 1.92. The number of hydrogen-bond acceptors (Lipinski definition) is 5. The van der Waals surface area contributed by atoms with Gasteiger partial charge in [-0.15, -0.1) is 0 Å².